The Kier molecular flexibility index (Phi) is 4.47. The molecule has 10 heteroatoms. The topological polar surface area (TPSA) is 110 Å². The van der Waals surface area contributed by atoms with Crippen LogP contribution < -0.4 is 10.6 Å². The summed E-state index contributed by atoms with van der Waals surface area (Å²) in [5.74, 6) is 0.870. The molecule has 3 aromatic rings. The molecule has 1 aromatic carbocycles. The molecule has 2 N–H and O–H groups in total. The SMILES string of the molecule is Cc1ccc(S(=O)(=O)N2CCN(c3nc(N)c4cnn(C)c4n3)CC2)cc1C. The fourth-order valence-corrected chi connectivity index (χ4v) is 4.83. The van der Waals surface area contributed by atoms with Gasteiger partial charge in [-0.25, -0.2) is 8.42 Å². The molecule has 3 heterocycles. The van der Waals surface area contributed by atoms with E-state index in [1.165, 1.54) is 4.31 Å². The summed E-state index contributed by atoms with van der Waals surface area (Å²) >= 11 is 0. The van der Waals surface area contributed by atoms with Crippen molar-refractivity contribution in [3.8, 4) is 0 Å². The summed E-state index contributed by atoms with van der Waals surface area (Å²) in [5, 5.41) is 4.87. The zero-order valence-corrected chi connectivity index (χ0v) is 16.9. The molecule has 1 aliphatic heterocycles. The number of nitrogens with two attached hydrogens (primary N) is 1. The van der Waals surface area contributed by atoms with Gasteiger partial charge in [0.1, 0.15) is 5.82 Å². The van der Waals surface area contributed by atoms with E-state index in [0.717, 1.165) is 11.1 Å². The van der Waals surface area contributed by atoms with Gasteiger partial charge in [0, 0.05) is 33.2 Å². The van der Waals surface area contributed by atoms with Crippen molar-refractivity contribution in [1.82, 2.24) is 24.1 Å². The molecule has 1 aliphatic rings. The van der Waals surface area contributed by atoms with Crippen LogP contribution in [0.2, 0.25) is 0 Å². The summed E-state index contributed by atoms with van der Waals surface area (Å²) in [6.07, 6.45) is 1.64. The molecule has 148 valence electrons. The Morgan fingerprint density at radius 2 is 1.75 bits per heavy atom. The Morgan fingerprint density at radius 1 is 1.04 bits per heavy atom. The minimum Gasteiger partial charge on any atom is -0.383 e. The Morgan fingerprint density at radius 3 is 2.43 bits per heavy atom. The first-order valence-corrected chi connectivity index (χ1v) is 10.5. The zero-order valence-electron chi connectivity index (χ0n) is 16.1. The van der Waals surface area contributed by atoms with Gasteiger partial charge in [0.2, 0.25) is 16.0 Å². The van der Waals surface area contributed by atoms with Crippen molar-refractivity contribution in [2.24, 2.45) is 7.05 Å². The number of hydrogen-bond donors (Lipinski definition) is 1. The van der Waals surface area contributed by atoms with Crippen LogP contribution in [0, 0.1) is 13.8 Å². The van der Waals surface area contributed by atoms with Crippen LogP contribution in [0.1, 0.15) is 11.1 Å². The highest BCUT2D eigenvalue weighted by atomic mass is 32.2. The molecule has 0 aliphatic carbocycles. The van der Waals surface area contributed by atoms with Crippen LogP contribution in [-0.4, -0.2) is 58.7 Å². The number of piperazine rings is 1. The Bertz CT molecular complexity index is 1150. The average molecular weight is 401 g/mol. The summed E-state index contributed by atoms with van der Waals surface area (Å²) in [4.78, 5) is 11.2. The van der Waals surface area contributed by atoms with Crippen LogP contribution in [0.4, 0.5) is 11.8 Å². The molecule has 0 amide bonds. The standard InChI is InChI=1S/C18H23N7O2S/c1-12-4-5-14(10-13(12)2)28(26,27)25-8-6-24(7-9-25)18-21-16(19)15-11-20-23(3)17(15)22-18/h4-5,10-11H,6-9H2,1-3H3,(H2,19,21,22). The number of aryl methyl sites for hydroxylation is 3. The first-order chi connectivity index (χ1) is 13.3. The van der Waals surface area contributed by atoms with Gasteiger partial charge in [-0.15, -0.1) is 0 Å². The molecule has 0 bridgehead atoms. The maximum atomic E-state index is 13.0. The third kappa shape index (κ3) is 3.08. The third-order valence-electron chi connectivity index (χ3n) is 5.25. The number of aromatic nitrogens is 4. The number of hydrogen-bond acceptors (Lipinski definition) is 7. The minimum atomic E-state index is -3.52. The fraction of sp³-hybridized carbons (Fsp3) is 0.389. The van der Waals surface area contributed by atoms with E-state index < -0.39 is 10.0 Å². The van der Waals surface area contributed by atoms with E-state index in [-0.39, 0.29) is 0 Å². The van der Waals surface area contributed by atoms with Crippen molar-refractivity contribution in [2.75, 3.05) is 36.8 Å². The predicted molar refractivity (Wildman–Crippen MR) is 108 cm³/mol. The molecule has 9 nitrogen and oxygen atoms in total. The lowest BCUT2D eigenvalue weighted by molar-refractivity contribution is 0.382. The van der Waals surface area contributed by atoms with Crippen molar-refractivity contribution in [2.45, 2.75) is 18.7 Å². The highest BCUT2D eigenvalue weighted by Crippen LogP contribution is 2.24. The number of nitrogens with zero attached hydrogens (tertiary/aromatic N) is 6. The first kappa shape index (κ1) is 18.6. The van der Waals surface area contributed by atoms with E-state index in [1.807, 2.05) is 24.8 Å². The Hall–Kier alpha value is -2.72. The van der Waals surface area contributed by atoms with Gasteiger partial charge in [-0.3, -0.25) is 4.68 Å². The lowest BCUT2D eigenvalue weighted by Crippen LogP contribution is -2.49. The van der Waals surface area contributed by atoms with Crippen molar-refractivity contribution < 1.29 is 8.42 Å². The van der Waals surface area contributed by atoms with Crippen molar-refractivity contribution in [3.05, 3.63) is 35.5 Å². The molecule has 28 heavy (non-hydrogen) atoms. The lowest BCUT2D eigenvalue weighted by Gasteiger charge is -2.34. The van der Waals surface area contributed by atoms with Gasteiger partial charge in [0.25, 0.3) is 0 Å². The monoisotopic (exact) mass is 401 g/mol. The summed E-state index contributed by atoms with van der Waals surface area (Å²) < 4.78 is 29.1. The summed E-state index contributed by atoms with van der Waals surface area (Å²) in [5.41, 5.74) is 8.74. The van der Waals surface area contributed by atoms with Crippen LogP contribution in [0.25, 0.3) is 11.0 Å². The van der Waals surface area contributed by atoms with E-state index in [9.17, 15) is 8.42 Å². The number of fused-ring (bicyclic) bond motifs is 1. The molecule has 0 unspecified atom stereocenters. The third-order valence-corrected chi connectivity index (χ3v) is 7.14. The highest BCUT2D eigenvalue weighted by molar-refractivity contribution is 7.89. The molecule has 1 fully saturated rings. The lowest BCUT2D eigenvalue weighted by atomic mass is 10.1. The summed E-state index contributed by atoms with van der Waals surface area (Å²) in [7, 11) is -1.72. The first-order valence-electron chi connectivity index (χ1n) is 9.05. The molecule has 0 atom stereocenters. The van der Waals surface area contributed by atoms with E-state index >= 15 is 0 Å². The van der Waals surface area contributed by atoms with Gasteiger partial charge in [0.15, 0.2) is 5.65 Å². The number of benzene rings is 1. The Labute approximate surface area is 163 Å². The zero-order chi connectivity index (χ0) is 20.1. The molecular weight excluding hydrogens is 378 g/mol. The maximum absolute atomic E-state index is 13.0. The number of nitrogen functional groups attached to an aromatic ring is 1. The summed E-state index contributed by atoms with van der Waals surface area (Å²) in [6, 6.07) is 5.25. The average Bonchev–Trinajstić information content (AvgIpc) is 3.05. The molecule has 2 aromatic heterocycles. The number of anilines is 2. The van der Waals surface area contributed by atoms with Gasteiger partial charge in [-0.2, -0.15) is 19.4 Å². The van der Waals surface area contributed by atoms with Gasteiger partial charge in [-0.1, -0.05) is 6.07 Å². The molecular formula is C18H23N7O2S. The van der Waals surface area contributed by atoms with E-state index in [4.69, 9.17) is 5.73 Å². The number of rotatable bonds is 3. The van der Waals surface area contributed by atoms with E-state index in [2.05, 4.69) is 15.1 Å². The normalized spacial score (nSPS) is 16.0. The molecule has 0 saturated carbocycles. The highest BCUT2D eigenvalue weighted by Gasteiger charge is 2.30. The second-order valence-corrected chi connectivity index (χ2v) is 8.99. The molecule has 4 rings (SSSR count). The van der Waals surface area contributed by atoms with Crippen LogP contribution in [0.15, 0.2) is 29.3 Å². The number of sulfonamides is 1. The second-order valence-electron chi connectivity index (χ2n) is 7.05. The van der Waals surface area contributed by atoms with Crippen LogP contribution in [0.3, 0.4) is 0 Å². The smallest absolute Gasteiger partial charge is 0.243 e. The fourth-order valence-electron chi connectivity index (χ4n) is 3.33. The van der Waals surface area contributed by atoms with E-state index in [0.29, 0.717) is 53.9 Å². The maximum Gasteiger partial charge on any atom is 0.243 e. The predicted octanol–water partition coefficient (Wildman–Crippen LogP) is 1.07. The van der Waals surface area contributed by atoms with Crippen LogP contribution in [0.5, 0.6) is 0 Å². The van der Waals surface area contributed by atoms with Gasteiger partial charge < -0.3 is 10.6 Å². The van der Waals surface area contributed by atoms with Gasteiger partial charge >= 0.3 is 0 Å². The molecule has 0 spiro atoms. The van der Waals surface area contributed by atoms with Crippen LogP contribution >= 0.6 is 0 Å². The van der Waals surface area contributed by atoms with Crippen molar-refractivity contribution >= 4 is 32.8 Å². The quantitative estimate of drug-likeness (QED) is 0.699. The Balaban J connectivity index is 1.54. The second kappa shape index (κ2) is 6.71. The minimum absolute atomic E-state index is 0.334. The molecule has 1 saturated heterocycles. The van der Waals surface area contributed by atoms with Gasteiger partial charge in [0.05, 0.1) is 16.5 Å². The molecule has 0 radical (unpaired) electrons. The summed E-state index contributed by atoms with van der Waals surface area (Å²) in [6.45, 7) is 5.60. The van der Waals surface area contributed by atoms with Crippen molar-refractivity contribution in [1.29, 1.82) is 0 Å². The van der Waals surface area contributed by atoms with E-state index in [1.54, 1.807) is 30.1 Å². The van der Waals surface area contributed by atoms with Gasteiger partial charge in [-0.05, 0) is 37.1 Å². The van der Waals surface area contributed by atoms with Crippen molar-refractivity contribution in [3.63, 3.8) is 0 Å². The van der Waals surface area contributed by atoms with Crippen LogP contribution in [-0.2, 0) is 17.1 Å². The largest absolute Gasteiger partial charge is 0.383 e.